The van der Waals surface area contributed by atoms with Gasteiger partial charge in [-0.15, -0.1) is 0 Å². The van der Waals surface area contributed by atoms with Crippen LogP contribution in [0.15, 0.2) is 24.7 Å². The fraction of sp³-hybridized carbons (Fsp3) is 0.652. The number of fused-ring (bicyclic) bond motifs is 1. The normalized spacial score (nSPS) is 21.9. The van der Waals surface area contributed by atoms with Gasteiger partial charge in [0.1, 0.15) is 12.5 Å². The average Bonchev–Trinajstić information content (AvgIpc) is 3.32. The van der Waals surface area contributed by atoms with E-state index >= 15 is 0 Å². The van der Waals surface area contributed by atoms with E-state index in [0.717, 1.165) is 30.5 Å². The van der Waals surface area contributed by atoms with Crippen molar-refractivity contribution in [2.45, 2.75) is 70.5 Å². The standard InChI is InChI=1S/C23H37BN4O3Si/c1-22(2)23(3,4)31-24(30-22)18-11-19-20(17-12-26-27(5)14-17)15-28(21(19)25-13-18)16-29-9-10-32(6,7)8/h11-14,20H,9-10,15-16H2,1-8H3. The van der Waals surface area contributed by atoms with Gasteiger partial charge in [0.05, 0.1) is 17.4 Å². The number of ether oxygens (including phenoxy) is 1. The van der Waals surface area contributed by atoms with Gasteiger partial charge in [0.25, 0.3) is 0 Å². The number of hydrogen-bond acceptors (Lipinski definition) is 6. The van der Waals surface area contributed by atoms with Gasteiger partial charge in [-0.2, -0.15) is 5.10 Å². The van der Waals surface area contributed by atoms with Crippen molar-refractivity contribution >= 4 is 26.5 Å². The van der Waals surface area contributed by atoms with Crippen molar-refractivity contribution < 1.29 is 14.0 Å². The molecule has 0 bridgehead atoms. The lowest BCUT2D eigenvalue weighted by molar-refractivity contribution is 0.00578. The molecule has 0 amide bonds. The van der Waals surface area contributed by atoms with Crippen LogP contribution in [0.1, 0.15) is 44.7 Å². The maximum Gasteiger partial charge on any atom is 0.496 e. The Morgan fingerprint density at radius 1 is 1.16 bits per heavy atom. The third-order valence-electron chi connectivity index (χ3n) is 6.89. The summed E-state index contributed by atoms with van der Waals surface area (Å²) < 4.78 is 20.5. The van der Waals surface area contributed by atoms with E-state index in [4.69, 9.17) is 19.0 Å². The zero-order valence-electron chi connectivity index (χ0n) is 20.8. The summed E-state index contributed by atoms with van der Waals surface area (Å²) in [5.41, 5.74) is 2.56. The van der Waals surface area contributed by atoms with Gasteiger partial charge in [0.15, 0.2) is 0 Å². The topological polar surface area (TPSA) is 61.6 Å². The van der Waals surface area contributed by atoms with E-state index in [1.165, 1.54) is 11.1 Å². The highest BCUT2D eigenvalue weighted by atomic mass is 28.3. The number of pyridine rings is 1. The molecule has 1 saturated heterocycles. The molecule has 2 aromatic rings. The zero-order valence-corrected chi connectivity index (χ0v) is 21.8. The highest BCUT2D eigenvalue weighted by Gasteiger charge is 2.52. The third kappa shape index (κ3) is 4.66. The van der Waals surface area contributed by atoms with Crippen LogP contribution in [0.25, 0.3) is 0 Å². The van der Waals surface area contributed by atoms with Gasteiger partial charge >= 0.3 is 7.12 Å². The van der Waals surface area contributed by atoms with Crippen LogP contribution in [-0.4, -0.2) is 61.0 Å². The summed E-state index contributed by atoms with van der Waals surface area (Å²) in [6.45, 7) is 17.6. The quantitative estimate of drug-likeness (QED) is 0.470. The van der Waals surface area contributed by atoms with Crippen LogP contribution in [0.4, 0.5) is 5.82 Å². The Hall–Kier alpha value is -1.68. The van der Waals surface area contributed by atoms with Crippen molar-refractivity contribution in [3.63, 3.8) is 0 Å². The van der Waals surface area contributed by atoms with Crippen molar-refractivity contribution in [2.75, 3.05) is 24.8 Å². The first-order valence-corrected chi connectivity index (χ1v) is 15.2. The van der Waals surface area contributed by atoms with E-state index in [0.29, 0.717) is 6.73 Å². The lowest BCUT2D eigenvalue weighted by Crippen LogP contribution is -2.41. The predicted octanol–water partition coefficient (Wildman–Crippen LogP) is 3.38. The van der Waals surface area contributed by atoms with Crippen LogP contribution in [0, 0.1) is 0 Å². The number of nitrogens with zero attached hydrogens (tertiary/aromatic N) is 4. The molecule has 4 heterocycles. The van der Waals surface area contributed by atoms with Crippen molar-refractivity contribution in [3.8, 4) is 0 Å². The maximum absolute atomic E-state index is 6.28. The van der Waals surface area contributed by atoms with Gasteiger partial charge in [0, 0.05) is 57.6 Å². The summed E-state index contributed by atoms with van der Waals surface area (Å²) in [5, 5.41) is 4.40. The molecule has 0 aliphatic carbocycles. The van der Waals surface area contributed by atoms with Crippen LogP contribution >= 0.6 is 0 Å². The van der Waals surface area contributed by atoms with Crippen LogP contribution < -0.4 is 10.4 Å². The second-order valence-corrected chi connectivity index (χ2v) is 17.0. The summed E-state index contributed by atoms with van der Waals surface area (Å²) in [6, 6.07) is 3.36. The Balaban J connectivity index is 1.58. The molecule has 0 N–H and O–H groups in total. The van der Waals surface area contributed by atoms with Crippen LogP contribution in [0.2, 0.25) is 25.7 Å². The minimum absolute atomic E-state index is 0.189. The van der Waals surface area contributed by atoms with Crippen LogP contribution in [0.5, 0.6) is 0 Å². The Labute approximate surface area is 193 Å². The minimum atomic E-state index is -1.11. The fourth-order valence-electron chi connectivity index (χ4n) is 4.10. The molecule has 1 fully saturated rings. The monoisotopic (exact) mass is 456 g/mol. The molecule has 1 unspecified atom stereocenters. The highest BCUT2D eigenvalue weighted by Crippen LogP contribution is 2.40. The smallest absolute Gasteiger partial charge is 0.399 e. The van der Waals surface area contributed by atoms with E-state index in [9.17, 15) is 0 Å². The molecule has 0 radical (unpaired) electrons. The molecular formula is C23H37BN4O3Si. The molecule has 32 heavy (non-hydrogen) atoms. The number of aromatic nitrogens is 3. The Kier molecular flexibility index (Phi) is 6.07. The summed E-state index contributed by atoms with van der Waals surface area (Å²) >= 11 is 0. The molecule has 4 rings (SSSR count). The lowest BCUT2D eigenvalue weighted by atomic mass is 9.78. The first kappa shape index (κ1) is 23.5. The molecule has 0 saturated carbocycles. The van der Waals surface area contributed by atoms with Crippen molar-refractivity contribution in [3.05, 3.63) is 35.8 Å². The minimum Gasteiger partial charge on any atom is -0.399 e. The molecule has 0 aromatic carbocycles. The second-order valence-electron chi connectivity index (χ2n) is 11.3. The molecule has 2 aliphatic rings. The van der Waals surface area contributed by atoms with Gasteiger partial charge < -0.3 is 18.9 Å². The summed E-state index contributed by atoms with van der Waals surface area (Å²) in [5.74, 6) is 1.17. The molecule has 2 aliphatic heterocycles. The molecule has 7 nitrogen and oxygen atoms in total. The molecule has 174 valence electrons. The van der Waals surface area contributed by atoms with E-state index < -0.39 is 15.2 Å². The van der Waals surface area contributed by atoms with Crippen molar-refractivity contribution in [1.82, 2.24) is 14.8 Å². The number of hydrogen-bond donors (Lipinski definition) is 0. The summed E-state index contributed by atoms with van der Waals surface area (Å²) in [7, 11) is 0.419. The van der Waals surface area contributed by atoms with Gasteiger partial charge in [-0.25, -0.2) is 4.98 Å². The highest BCUT2D eigenvalue weighted by molar-refractivity contribution is 6.76. The maximum atomic E-state index is 6.28. The SMILES string of the molecule is Cn1cc(C2CN(COCC[Si](C)(C)C)c3ncc(B4OC(C)(C)C(C)(C)O4)cc32)cn1. The van der Waals surface area contributed by atoms with Crippen LogP contribution in [0.3, 0.4) is 0 Å². The van der Waals surface area contributed by atoms with E-state index in [1.807, 2.05) is 24.1 Å². The Morgan fingerprint density at radius 2 is 1.84 bits per heavy atom. The first-order valence-electron chi connectivity index (χ1n) is 11.5. The van der Waals surface area contributed by atoms with Crippen LogP contribution in [-0.2, 0) is 21.1 Å². The number of rotatable bonds is 7. The molecule has 1 atom stereocenters. The lowest BCUT2D eigenvalue weighted by Gasteiger charge is -2.32. The van der Waals surface area contributed by atoms with Crippen molar-refractivity contribution in [2.24, 2.45) is 7.05 Å². The predicted molar refractivity (Wildman–Crippen MR) is 131 cm³/mol. The Bertz CT molecular complexity index is 956. The fourth-order valence-corrected chi connectivity index (χ4v) is 4.85. The first-order chi connectivity index (χ1) is 14.9. The average molecular weight is 456 g/mol. The van der Waals surface area contributed by atoms with Gasteiger partial charge in [-0.3, -0.25) is 4.68 Å². The van der Waals surface area contributed by atoms with E-state index in [-0.39, 0.29) is 17.1 Å². The van der Waals surface area contributed by atoms with Gasteiger partial charge in [0.2, 0.25) is 0 Å². The van der Waals surface area contributed by atoms with E-state index in [1.54, 1.807) is 0 Å². The number of aryl methyl sites for hydroxylation is 1. The zero-order chi connectivity index (χ0) is 23.3. The largest absolute Gasteiger partial charge is 0.496 e. The van der Waals surface area contributed by atoms with E-state index in [2.05, 4.69) is 69.6 Å². The summed E-state index contributed by atoms with van der Waals surface area (Å²) in [4.78, 5) is 7.10. The third-order valence-corrected chi connectivity index (χ3v) is 8.59. The molecule has 0 spiro atoms. The van der Waals surface area contributed by atoms with Crippen molar-refractivity contribution in [1.29, 1.82) is 0 Å². The van der Waals surface area contributed by atoms with Gasteiger partial charge in [-0.05, 0) is 39.3 Å². The summed E-state index contributed by atoms with van der Waals surface area (Å²) in [6.07, 6.45) is 5.93. The molecular weight excluding hydrogens is 419 g/mol. The second kappa shape index (κ2) is 8.27. The Morgan fingerprint density at radius 3 is 2.44 bits per heavy atom. The molecule has 2 aromatic heterocycles. The number of anilines is 1. The molecule has 9 heteroatoms. The van der Waals surface area contributed by atoms with Gasteiger partial charge in [-0.1, -0.05) is 25.7 Å².